The maximum absolute atomic E-state index is 12.8. The van der Waals surface area contributed by atoms with Crippen LogP contribution in [-0.2, 0) is 16.0 Å². The lowest BCUT2D eigenvalue weighted by molar-refractivity contribution is -0.152. The zero-order valence-electron chi connectivity index (χ0n) is 12.5. The van der Waals surface area contributed by atoms with Crippen molar-refractivity contribution in [3.63, 3.8) is 0 Å². The summed E-state index contributed by atoms with van der Waals surface area (Å²) in [6.07, 6.45) is 7.72. The van der Waals surface area contributed by atoms with Gasteiger partial charge in [-0.05, 0) is 31.2 Å². The smallest absolute Gasteiger partial charge is 0.326 e. The van der Waals surface area contributed by atoms with E-state index in [-0.39, 0.29) is 17.9 Å². The maximum atomic E-state index is 12.8. The third-order valence-corrected chi connectivity index (χ3v) is 4.44. The molecule has 0 spiro atoms. The third-order valence-electron chi connectivity index (χ3n) is 4.44. The van der Waals surface area contributed by atoms with Crippen LogP contribution in [0.2, 0.25) is 0 Å². The standard InChI is InChI=1S/C18H21NO3/c20-17(14-8-4-5-9-14)19(15-10-11-15)16(18(21)22)12-13-6-2-1-3-7-13/h1-7,14-16H,8-12H2,(H,21,22)/t16-/m0/s1. The molecule has 0 unspecified atom stereocenters. The highest BCUT2D eigenvalue weighted by atomic mass is 16.4. The molecule has 4 heteroatoms. The van der Waals surface area contributed by atoms with E-state index in [0.717, 1.165) is 31.2 Å². The fraction of sp³-hybridized carbons (Fsp3) is 0.444. The first-order valence-corrected chi connectivity index (χ1v) is 7.90. The van der Waals surface area contributed by atoms with Gasteiger partial charge in [-0.2, -0.15) is 0 Å². The number of carboxylic acids is 1. The van der Waals surface area contributed by atoms with Crippen molar-refractivity contribution in [2.45, 2.75) is 44.2 Å². The largest absolute Gasteiger partial charge is 0.480 e. The van der Waals surface area contributed by atoms with Crippen LogP contribution in [0.15, 0.2) is 42.5 Å². The molecule has 0 aliphatic heterocycles. The van der Waals surface area contributed by atoms with Gasteiger partial charge in [0.15, 0.2) is 0 Å². The zero-order chi connectivity index (χ0) is 15.5. The molecule has 0 saturated heterocycles. The van der Waals surface area contributed by atoms with Crippen LogP contribution in [-0.4, -0.2) is 34.0 Å². The van der Waals surface area contributed by atoms with Gasteiger partial charge in [-0.15, -0.1) is 0 Å². The molecule has 1 amide bonds. The lowest BCUT2D eigenvalue weighted by Gasteiger charge is -2.31. The van der Waals surface area contributed by atoms with Crippen molar-refractivity contribution >= 4 is 11.9 Å². The lowest BCUT2D eigenvalue weighted by atomic mass is 10.00. The number of allylic oxidation sites excluding steroid dienone is 2. The van der Waals surface area contributed by atoms with Crippen molar-refractivity contribution < 1.29 is 14.7 Å². The number of aliphatic carboxylic acids is 1. The van der Waals surface area contributed by atoms with Crippen LogP contribution in [0.25, 0.3) is 0 Å². The number of nitrogens with zero attached hydrogens (tertiary/aromatic N) is 1. The van der Waals surface area contributed by atoms with Gasteiger partial charge in [-0.1, -0.05) is 42.5 Å². The number of amides is 1. The summed E-state index contributed by atoms with van der Waals surface area (Å²) in [5, 5.41) is 9.66. The summed E-state index contributed by atoms with van der Waals surface area (Å²) >= 11 is 0. The Labute approximate surface area is 130 Å². The Morgan fingerprint density at radius 1 is 1.14 bits per heavy atom. The molecule has 2 aliphatic rings. The molecule has 22 heavy (non-hydrogen) atoms. The molecule has 0 bridgehead atoms. The van der Waals surface area contributed by atoms with Gasteiger partial charge < -0.3 is 10.0 Å². The normalized spacial score (nSPS) is 19.1. The first-order chi connectivity index (χ1) is 10.7. The number of carboxylic acid groups (broad SMARTS) is 1. The molecule has 1 fully saturated rings. The average molecular weight is 299 g/mol. The van der Waals surface area contributed by atoms with Gasteiger partial charge in [-0.3, -0.25) is 4.79 Å². The number of hydrogen-bond acceptors (Lipinski definition) is 2. The molecule has 0 radical (unpaired) electrons. The van der Waals surface area contributed by atoms with E-state index in [1.165, 1.54) is 0 Å². The Balaban J connectivity index is 1.80. The monoisotopic (exact) mass is 299 g/mol. The van der Waals surface area contributed by atoms with Crippen LogP contribution in [0, 0.1) is 5.92 Å². The number of rotatable bonds is 6. The predicted molar refractivity (Wildman–Crippen MR) is 83.3 cm³/mol. The van der Waals surface area contributed by atoms with Crippen molar-refractivity contribution in [2.24, 2.45) is 5.92 Å². The summed E-state index contributed by atoms with van der Waals surface area (Å²) in [5.74, 6) is -0.968. The van der Waals surface area contributed by atoms with E-state index in [2.05, 4.69) is 0 Å². The Morgan fingerprint density at radius 3 is 2.32 bits per heavy atom. The summed E-state index contributed by atoms with van der Waals surface area (Å²) in [7, 11) is 0. The van der Waals surface area contributed by atoms with Gasteiger partial charge in [0.2, 0.25) is 5.91 Å². The molecule has 116 valence electrons. The lowest BCUT2D eigenvalue weighted by Crippen LogP contribution is -2.49. The second kappa shape index (κ2) is 6.34. The Kier molecular flexibility index (Phi) is 4.27. The Bertz CT molecular complexity index is 569. The third kappa shape index (κ3) is 3.21. The van der Waals surface area contributed by atoms with Crippen molar-refractivity contribution in [2.75, 3.05) is 0 Å². The van der Waals surface area contributed by atoms with E-state index in [1.54, 1.807) is 4.90 Å². The Morgan fingerprint density at radius 2 is 1.77 bits per heavy atom. The summed E-state index contributed by atoms with van der Waals surface area (Å²) < 4.78 is 0. The van der Waals surface area contributed by atoms with E-state index >= 15 is 0 Å². The van der Waals surface area contributed by atoms with E-state index in [1.807, 2.05) is 42.5 Å². The van der Waals surface area contributed by atoms with E-state index in [0.29, 0.717) is 6.42 Å². The maximum Gasteiger partial charge on any atom is 0.326 e. The summed E-state index contributed by atoms with van der Waals surface area (Å²) in [6, 6.07) is 8.90. The molecule has 4 nitrogen and oxygen atoms in total. The molecule has 1 saturated carbocycles. The molecule has 1 atom stereocenters. The zero-order valence-corrected chi connectivity index (χ0v) is 12.5. The minimum Gasteiger partial charge on any atom is -0.480 e. The molecule has 3 rings (SSSR count). The van der Waals surface area contributed by atoms with Gasteiger partial charge in [0.25, 0.3) is 0 Å². The molecule has 1 aromatic carbocycles. The van der Waals surface area contributed by atoms with Crippen LogP contribution in [0.4, 0.5) is 0 Å². The molecular formula is C18H21NO3. The summed E-state index contributed by atoms with van der Waals surface area (Å²) in [5.41, 5.74) is 0.956. The first-order valence-electron chi connectivity index (χ1n) is 7.90. The minimum atomic E-state index is -0.907. The fourth-order valence-electron chi connectivity index (χ4n) is 3.11. The SMILES string of the molecule is O=C(O)[C@H](Cc1ccccc1)N(C(=O)C1CC=CC1)C1CC1. The van der Waals surface area contributed by atoms with Crippen molar-refractivity contribution in [1.29, 1.82) is 0 Å². The highest BCUT2D eigenvalue weighted by Gasteiger charge is 2.42. The number of benzene rings is 1. The van der Waals surface area contributed by atoms with Gasteiger partial charge >= 0.3 is 5.97 Å². The first kappa shape index (κ1) is 14.8. The molecule has 0 aromatic heterocycles. The van der Waals surface area contributed by atoms with Crippen LogP contribution >= 0.6 is 0 Å². The highest BCUT2D eigenvalue weighted by molar-refractivity contribution is 5.86. The fourth-order valence-corrected chi connectivity index (χ4v) is 3.11. The molecule has 1 N–H and O–H groups in total. The van der Waals surface area contributed by atoms with Crippen LogP contribution in [0.5, 0.6) is 0 Å². The Hall–Kier alpha value is -2.10. The van der Waals surface area contributed by atoms with Gasteiger partial charge in [-0.25, -0.2) is 4.79 Å². The number of carbonyl (C=O) groups excluding carboxylic acids is 1. The van der Waals surface area contributed by atoms with Crippen LogP contribution < -0.4 is 0 Å². The topological polar surface area (TPSA) is 57.6 Å². The van der Waals surface area contributed by atoms with Crippen LogP contribution in [0.1, 0.15) is 31.2 Å². The highest BCUT2D eigenvalue weighted by Crippen LogP contribution is 2.33. The second-order valence-electron chi connectivity index (χ2n) is 6.16. The number of hydrogen-bond donors (Lipinski definition) is 1. The van der Waals surface area contributed by atoms with Gasteiger partial charge in [0, 0.05) is 18.4 Å². The average Bonchev–Trinajstić information content (AvgIpc) is 3.20. The summed E-state index contributed by atoms with van der Waals surface area (Å²) in [6.45, 7) is 0. The van der Waals surface area contributed by atoms with E-state index < -0.39 is 12.0 Å². The van der Waals surface area contributed by atoms with Gasteiger partial charge in [0.1, 0.15) is 6.04 Å². The molecule has 2 aliphatic carbocycles. The predicted octanol–water partition coefficient (Wildman–Crippen LogP) is 2.64. The van der Waals surface area contributed by atoms with Crippen molar-refractivity contribution in [1.82, 2.24) is 4.90 Å². The minimum absolute atomic E-state index is 0.0100. The second-order valence-corrected chi connectivity index (χ2v) is 6.16. The number of carbonyl (C=O) groups is 2. The molecule has 0 heterocycles. The van der Waals surface area contributed by atoms with Crippen LogP contribution in [0.3, 0.4) is 0 Å². The van der Waals surface area contributed by atoms with Crippen molar-refractivity contribution in [3.05, 3.63) is 48.0 Å². The molecular weight excluding hydrogens is 278 g/mol. The molecule has 1 aromatic rings. The quantitative estimate of drug-likeness (QED) is 0.822. The van der Waals surface area contributed by atoms with Crippen molar-refractivity contribution in [3.8, 4) is 0 Å². The van der Waals surface area contributed by atoms with Gasteiger partial charge in [0.05, 0.1) is 0 Å². The summed E-state index contributed by atoms with van der Waals surface area (Å²) in [4.78, 5) is 26.2. The van der Waals surface area contributed by atoms with E-state index in [4.69, 9.17) is 0 Å². The van der Waals surface area contributed by atoms with E-state index in [9.17, 15) is 14.7 Å².